The van der Waals surface area contributed by atoms with Crippen LogP contribution < -0.4 is 10.1 Å². The van der Waals surface area contributed by atoms with Crippen molar-refractivity contribution in [3.63, 3.8) is 0 Å². The summed E-state index contributed by atoms with van der Waals surface area (Å²) in [6.45, 7) is 0. The average molecular weight is 474 g/mol. The largest absolute Gasteiger partial charge is 0.573 e. The predicted octanol–water partition coefficient (Wildman–Crippen LogP) is 4.41. The van der Waals surface area contributed by atoms with Gasteiger partial charge in [0.1, 0.15) is 11.3 Å². The van der Waals surface area contributed by atoms with Gasteiger partial charge in [0.05, 0.1) is 21.9 Å². The molecule has 1 aliphatic heterocycles. The van der Waals surface area contributed by atoms with Crippen molar-refractivity contribution < 1.29 is 35.3 Å². The predicted molar refractivity (Wildman–Crippen MR) is 100.0 cm³/mol. The number of alkyl halides is 3. The van der Waals surface area contributed by atoms with E-state index in [2.05, 4.69) is 10.1 Å². The van der Waals surface area contributed by atoms with E-state index in [1.165, 1.54) is 0 Å². The number of ether oxygens (including phenoxy) is 1. The summed E-state index contributed by atoms with van der Waals surface area (Å²) in [4.78, 5) is 12.8. The summed E-state index contributed by atoms with van der Waals surface area (Å²) in [6, 6.07) is 1.70. The third-order valence-corrected chi connectivity index (χ3v) is 5.75. The fraction of sp³-hybridized carbons (Fsp3) is 0.471. The van der Waals surface area contributed by atoms with E-state index in [1.54, 1.807) is 0 Å². The van der Waals surface area contributed by atoms with Gasteiger partial charge in [-0.3, -0.25) is 4.79 Å². The summed E-state index contributed by atoms with van der Waals surface area (Å²) in [7, 11) is -4.01. The van der Waals surface area contributed by atoms with Gasteiger partial charge in [0.15, 0.2) is 5.76 Å². The Labute approximate surface area is 175 Å². The summed E-state index contributed by atoms with van der Waals surface area (Å²) < 4.78 is 70.2. The van der Waals surface area contributed by atoms with Crippen LogP contribution in [0.4, 0.5) is 13.2 Å². The van der Waals surface area contributed by atoms with Crippen molar-refractivity contribution >= 4 is 44.8 Å². The molecule has 3 rings (SSSR count). The van der Waals surface area contributed by atoms with Gasteiger partial charge in [0.2, 0.25) is 0 Å². The highest BCUT2D eigenvalue weighted by atomic mass is 35.5. The molecule has 12 heteroatoms. The molecule has 160 valence electrons. The maximum absolute atomic E-state index is 12.8. The number of amides is 1. The van der Waals surface area contributed by atoms with Crippen molar-refractivity contribution in [2.24, 2.45) is 0 Å². The van der Waals surface area contributed by atoms with Crippen LogP contribution in [0.25, 0.3) is 5.57 Å². The molecule has 2 aliphatic rings. The molecule has 1 N–H and O–H groups in total. The highest BCUT2D eigenvalue weighted by Crippen LogP contribution is 2.47. The molecule has 1 aromatic rings. The molecule has 1 saturated carbocycles. The van der Waals surface area contributed by atoms with E-state index in [-0.39, 0.29) is 26.9 Å². The van der Waals surface area contributed by atoms with Crippen LogP contribution in [-0.2, 0) is 19.1 Å². The van der Waals surface area contributed by atoms with Crippen molar-refractivity contribution in [1.29, 1.82) is 0 Å². The lowest BCUT2D eigenvalue weighted by Gasteiger charge is -2.34. The van der Waals surface area contributed by atoms with Crippen LogP contribution in [0.1, 0.15) is 37.7 Å². The maximum Gasteiger partial charge on any atom is 0.573 e. The number of carbonyl (C=O) groups is 1. The molecule has 1 aromatic carbocycles. The molecule has 1 heterocycles. The van der Waals surface area contributed by atoms with Gasteiger partial charge >= 0.3 is 16.5 Å². The summed E-state index contributed by atoms with van der Waals surface area (Å²) in [5, 5.41) is 2.14. The Morgan fingerprint density at radius 1 is 1.10 bits per heavy atom. The van der Waals surface area contributed by atoms with E-state index in [4.69, 9.17) is 27.4 Å². The van der Waals surface area contributed by atoms with Crippen LogP contribution in [0, 0.1) is 0 Å². The number of benzene rings is 1. The lowest BCUT2D eigenvalue weighted by atomic mass is 9.80. The highest BCUT2D eigenvalue weighted by molar-refractivity contribution is 7.86. The molecule has 0 atom stereocenters. The third-order valence-electron chi connectivity index (χ3n) is 4.68. The fourth-order valence-corrected chi connectivity index (χ4v) is 4.87. The first-order chi connectivity index (χ1) is 13.3. The van der Waals surface area contributed by atoms with Gasteiger partial charge in [-0.25, -0.2) is 0 Å². The molecule has 6 nitrogen and oxygen atoms in total. The van der Waals surface area contributed by atoms with E-state index in [9.17, 15) is 26.4 Å². The van der Waals surface area contributed by atoms with Gasteiger partial charge in [0, 0.05) is 5.56 Å². The van der Waals surface area contributed by atoms with Gasteiger partial charge < -0.3 is 14.2 Å². The summed E-state index contributed by atoms with van der Waals surface area (Å²) in [5.74, 6) is -1.48. The van der Waals surface area contributed by atoms with Crippen molar-refractivity contribution in [3.8, 4) is 5.75 Å². The molecule has 0 unspecified atom stereocenters. The minimum absolute atomic E-state index is 0.124. The number of hydrogen-bond acceptors (Lipinski definition) is 5. The van der Waals surface area contributed by atoms with E-state index in [1.807, 2.05) is 0 Å². The number of carbonyl (C=O) groups excluding carboxylic acids is 1. The first kappa shape index (κ1) is 22.0. The van der Waals surface area contributed by atoms with E-state index in [0.29, 0.717) is 12.8 Å². The molecule has 0 aromatic heterocycles. The SMILES string of the molecule is CS(=O)(=O)OC1=C(c2c(Cl)cc(OC(F)(F)F)cc2Cl)C(=O)NC12CCCCC2. The van der Waals surface area contributed by atoms with Crippen molar-refractivity contribution in [2.75, 3.05) is 6.26 Å². The lowest BCUT2D eigenvalue weighted by molar-refractivity contribution is -0.274. The van der Waals surface area contributed by atoms with Crippen LogP contribution >= 0.6 is 23.2 Å². The Hall–Kier alpha value is -1.65. The zero-order valence-electron chi connectivity index (χ0n) is 15.0. The van der Waals surface area contributed by atoms with Crippen LogP contribution in [0.15, 0.2) is 17.9 Å². The Kier molecular flexibility index (Phi) is 5.74. The minimum atomic E-state index is -4.96. The van der Waals surface area contributed by atoms with E-state index >= 15 is 0 Å². The average Bonchev–Trinajstić information content (AvgIpc) is 2.77. The van der Waals surface area contributed by atoms with Gasteiger partial charge in [-0.2, -0.15) is 8.42 Å². The molecule has 1 fully saturated rings. The van der Waals surface area contributed by atoms with Gasteiger partial charge in [-0.15, -0.1) is 13.2 Å². The Morgan fingerprint density at radius 3 is 2.14 bits per heavy atom. The second kappa shape index (κ2) is 7.55. The number of nitrogens with one attached hydrogen (secondary N) is 1. The molecule has 1 aliphatic carbocycles. The van der Waals surface area contributed by atoms with E-state index in [0.717, 1.165) is 37.7 Å². The van der Waals surface area contributed by atoms with Crippen molar-refractivity contribution in [2.45, 2.75) is 44.0 Å². The normalized spacial score (nSPS) is 19.4. The summed E-state index contributed by atoms with van der Waals surface area (Å²) >= 11 is 12.2. The zero-order valence-corrected chi connectivity index (χ0v) is 17.4. The van der Waals surface area contributed by atoms with Gasteiger partial charge in [-0.05, 0) is 25.0 Å². The van der Waals surface area contributed by atoms with Crippen LogP contribution in [0.3, 0.4) is 0 Å². The van der Waals surface area contributed by atoms with Gasteiger partial charge in [0.25, 0.3) is 5.91 Å². The molecular formula is C17H16Cl2F3NO5S. The Morgan fingerprint density at radius 2 is 1.66 bits per heavy atom. The smallest absolute Gasteiger partial charge is 0.406 e. The summed E-state index contributed by atoms with van der Waals surface area (Å²) in [5.41, 5.74) is -1.38. The first-order valence-electron chi connectivity index (χ1n) is 8.53. The molecule has 0 saturated heterocycles. The van der Waals surface area contributed by atoms with Crippen LogP contribution in [0.2, 0.25) is 10.0 Å². The molecule has 0 bridgehead atoms. The Balaban J connectivity index is 2.18. The number of hydrogen-bond donors (Lipinski definition) is 1. The second-order valence-electron chi connectivity index (χ2n) is 6.90. The quantitative estimate of drug-likeness (QED) is 0.654. The summed E-state index contributed by atoms with van der Waals surface area (Å²) in [6.07, 6.45) is -0.886. The minimum Gasteiger partial charge on any atom is -0.406 e. The maximum atomic E-state index is 12.8. The number of rotatable bonds is 4. The highest BCUT2D eigenvalue weighted by Gasteiger charge is 2.49. The van der Waals surface area contributed by atoms with Crippen molar-refractivity contribution in [3.05, 3.63) is 33.5 Å². The molecular weight excluding hydrogens is 458 g/mol. The monoisotopic (exact) mass is 473 g/mol. The molecule has 1 amide bonds. The third kappa shape index (κ3) is 4.75. The zero-order chi connectivity index (χ0) is 21.6. The lowest BCUT2D eigenvalue weighted by Crippen LogP contribution is -2.46. The first-order valence-corrected chi connectivity index (χ1v) is 11.1. The molecule has 29 heavy (non-hydrogen) atoms. The fourth-order valence-electron chi connectivity index (χ4n) is 3.67. The Bertz CT molecular complexity index is 962. The topological polar surface area (TPSA) is 81.7 Å². The number of halogens is 5. The van der Waals surface area contributed by atoms with E-state index < -0.39 is 33.7 Å². The van der Waals surface area contributed by atoms with Crippen molar-refractivity contribution in [1.82, 2.24) is 5.32 Å². The standard InChI is InChI=1S/C17H16Cl2F3NO5S/c1-29(25,26)28-14-13(15(24)23-16(14)5-3-2-4-6-16)12-10(18)7-9(8-11(12)19)27-17(20,21)22/h7-8H,2-6H2,1H3,(H,23,24). The van der Waals surface area contributed by atoms with Gasteiger partial charge in [-0.1, -0.05) is 42.5 Å². The molecule has 0 radical (unpaired) electrons. The van der Waals surface area contributed by atoms with Crippen LogP contribution in [0.5, 0.6) is 5.75 Å². The second-order valence-corrected chi connectivity index (χ2v) is 9.29. The molecule has 1 spiro atoms. The van der Waals surface area contributed by atoms with Crippen LogP contribution in [-0.4, -0.2) is 32.5 Å².